The summed E-state index contributed by atoms with van der Waals surface area (Å²) in [5.41, 5.74) is 1.48. The van der Waals surface area contributed by atoms with Crippen molar-refractivity contribution >= 4 is 37.5 Å². The average Bonchev–Trinajstić information content (AvgIpc) is 2.63. The highest BCUT2D eigenvalue weighted by molar-refractivity contribution is 9.10. The van der Waals surface area contributed by atoms with Gasteiger partial charge in [0.1, 0.15) is 10.6 Å². The van der Waals surface area contributed by atoms with Crippen LogP contribution in [0.15, 0.2) is 51.8 Å². The summed E-state index contributed by atoms with van der Waals surface area (Å²) in [7, 11) is 2.43. The molecule has 1 amide bonds. The first-order chi connectivity index (χ1) is 13.1. The molecule has 0 saturated carbocycles. The van der Waals surface area contributed by atoms with Gasteiger partial charge in [0.25, 0.3) is 0 Å². The van der Waals surface area contributed by atoms with Gasteiger partial charge in [0.15, 0.2) is 0 Å². The number of carbonyl (C=O) groups is 1. The molecular formula is C19H24BrN3O4S. The second kappa shape index (κ2) is 9.51. The Morgan fingerprint density at radius 1 is 1.11 bits per heavy atom. The van der Waals surface area contributed by atoms with Crippen molar-refractivity contribution in [3.8, 4) is 5.75 Å². The van der Waals surface area contributed by atoms with Gasteiger partial charge in [-0.2, -0.15) is 0 Å². The molecule has 2 aromatic carbocycles. The first-order valence-electron chi connectivity index (χ1n) is 8.47. The van der Waals surface area contributed by atoms with Crippen molar-refractivity contribution in [3.63, 3.8) is 0 Å². The minimum Gasteiger partial charge on any atom is -0.495 e. The summed E-state index contributed by atoms with van der Waals surface area (Å²) in [6.07, 6.45) is 0. The van der Waals surface area contributed by atoms with Crippen molar-refractivity contribution in [1.29, 1.82) is 0 Å². The molecule has 0 radical (unpaired) electrons. The smallest absolute Gasteiger partial charge is 0.246 e. The maximum absolute atomic E-state index is 12.5. The number of anilines is 1. The molecule has 0 aliphatic rings. The van der Waals surface area contributed by atoms with E-state index in [4.69, 9.17) is 4.74 Å². The van der Waals surface area contributed by atoms with E-state index in [0.717, 1.165) is 14.3 Å². The lowest BCUT2D eigenvalue weighted by Gasteiger charge is -2.18. The van der Waals surface area contributed by atoms with Gasteiger partial charge in [0.05, 0.1) is 13.7 Å². The third kappa shape index (κ3) is 5.78. The quantitative estimate of drug-likeness (QED) is 0.642. The van der Waals surface area contributed by atoms with Crippen LogP contribution < -0.4 is 10.1 Å². The number of halogens is 1. The largest absolute Gasteiger partial charge is 0.495 e. The van der Waals surface area contributed by atoms with Crippen LogP contribution in [0.3, 0.4) is 0 Å². The molecule has 28 heavy (non-hydrogen) atoms. The van der Waals surface area contributed by atoms with E-state index in [1.807, 2.05) is 36.2 Å². The fourth-order valence-electron chi connectivity index (χ4n) is 2.56. The van der Waals surface area contributed by atoms with Gasteiger partial charge in [-0.25, -0.2) is 12.7 Å². The van der Waals surface area contributed by atoms with Crippen molar-refractivity contribution < 1.29 is 17.9 Å². The number of likely N-dealkylation sites (N-methyl/N-ethyl adjacent to an activating group) is 1. The number of rotatable bonds is 8. The molecule has 0 aromatic heterocycles. The molecule has 0 spiro atoms. The Kier molecular flexibility index (Phi) is 7.59. The van der Waals surface area contributed by atoms with Crippen LogP contribution >= 0.6 is 15.9 Å². The Labute approximate surface area is 174 Å². The molecule has 0 saturated heterocycles. The van der Waals surface area contributed by atoms with Crippen LogP contribution in [0, 0.1) is 0 Å². The van der Waals surface area contributed by atoms with Gasteiger partial charge in [0, 0.05) is 30.8 Å². The maximum atomic E-state index is 12.5. The number of carbonyl (C=O) groups excluding carboxylic acids is 1. The van der Waals surface area contributed by atoms with Crippen LogP contribution in [0.1, 0.15) is 5.56 Å². The zero-order valence-corrected chi connectivity index (χ0v) is 18.7. The minimum absolute atomic E-state index is 0.000942. The number of ether oxygens (including phenoxy) is 1. The predicted octanol–water partition coefficient (Wildman–Crippen LogP) is 2.78. The number of hydrogen-bond donors (Lipinski definition) is 1. The monoisotopic (exact) mass is 469 g/mol. The summed E-state index contributed by atoms with van der Waals surface area (Å²) in [5.74, 6) is -0.0166. The molecule has 0 aliphatic carbocycles. The Morgan fingerprint density at radius 2 is 1.75 bits per heavy atom. The van der Waals surface area contributed by atoms with Gasteiger partial charge in [-0.3, -0.25) is 9.69 Å². The number of hydrogen-bond acceptors (Lipinski definition) is 5. The summed E-state index contributed by atoms with van der Waals surface area (Å²) in [5, 5.41) is 2.74. The predicted molar refractivity (Wildman–Crippen MR) is 113 cm³/mol. The Balaban J connectivity index is 2.08. The summed E-state index contributed by atoms with van der Waals surface area (Å²) in [6, 6.07) is 12.4. The molecule has 2 rings (SSSR count). The molecule has 1 N–H and O–H groups in total. The van der Waals surface area contributed by atoms with E-state index in [-0.39, 0.29) is 23.1 Å². The number of benzene rings is 2. The Hall–Kier alpha value is -1.94. The van der Waals surface area contributed by atoms with Gasteiger partial charge < -0.3 is 10.1 Å². The van der Waals surface area contributed by atoms with Gasteiger partial charge in [0.2, 0.25) is 15.9 Å². The molecule has 0 bridgehead atoms. The molecule has 0 aliphatic heterocycles. The molecule has 0 heterocycles. The number of nitrogens with one attached hydrogen (secondary N) is 1. The van der Waals surface area contributed by atoms with Crippen LogP contribution in [0.2, 0.25) is 0 Å². The first kappa shape index (κ1) is 22.4. The second-order valence-corrected chi connectivity index (χ2v) is 9.54. The van der Waals surface area contributed by atoms with Gasteiger partial charge in [-0.1, -0.05) is 28.1 Å². The summed E-state index contributed by atoms with van der Waals surface area (Å²) < 4.78 is 32.2. The summed E-state index contributed by atoms with van der Waals surface area (Å²) >= 11 is 3.40. The lowest BCUT2D eigenvalue weighted by Crippen LogP contribution is -2.30. The van der Waals surface area contributed by atoms with E-state index in [1.165, 1.54) is 33.3 Å². The number of amides is 1. The highest BCUT2D eigenvalue weighted by atomic mass is 79.9. The van der Waals surface area contributed by atoms with Crippen LogP contribution in [0.5, 0.6) is 5.75 Å². The van der Waals surface area contributed by atoms with Gasteiger partial charge in [-0.05, 0) is 42.9 Å². The van der Waals surface area contributed by atoms with E-state index in [1.54, 1.807) is 6.07 Å². The van der Waals surface area contributed by atoms with Crippen LogP contribution in [0.4, 0.5) is 5.69 Å². The lowest BCUT2D eigenvalue weighted by molar-refractivity contribution is -0.117. The molecule has 0 unspecified atom stereocenters. The fourth-order valence-corrected chi connectivity index (χ4v) is 3.90. The topological polar surface area (TPSA) is 79.0 Å². The van der Waals surface area contributed by atoms with Crippen LogP contribution in [-0.2, 0) is 21.4 Å². The first-order valence-corrected chi connectivity index (χ1v) is 10.7. The molecule has 7 nitrogen and oxygen atoms in total. The Bertz CT molecular complexity index is 931. The molecule has 152 valence electrons. The fraction of sp³-hybridized carbons (Fsp3) is 0.316. The van der Waals surface area contributed by atoms with Crippen molar-refractivity contribution in [1.82, 2.24) is 9.21 Å². The lowest BCUT2D eigenvalue weighted by atomic mass is 10.2. The van der Waals surface area contributed by atoms with Gasteiger partial charge >= 0.3 is 0 Å². The van der Waals surface area contributed by atoms with E-state index in [0.29, 0.717) is 12.2 Å². The van der Waals surface area contributed by atoms with Crippen molar-refractivity contribution in [2.24, 2.45) is 0 Å². The van der Waals surface area contributed by atoms with E-state index in [9.17, 15) is 13.2 Å². The number of methoxy groups -OCH3 is 1. The maximum Gasteiger partial charge on any atom is 0.246 e. The van der Waals surface area contributed by atoms with Crippen LogP contribution in [-0.4, -0.2) is 58.3 Å². The minimum atomic E-state index is -3.70. The molecule has 0 atom stereocenters. The molecule has 9 heteroatoms. The SMILES string of the molecule is COc1ccc(NC(=O)CN(C)Cc2ccc(Br)cc2)cc1S(=O)(=O)N(C)C. The average molecular weight is 470 g/mol. The van der Waals surface area contributed by atoms with E-state index < -0.39 is 10.0 Å². The molecule has 0 fully saturated rings. The van der Waals surface area contributed by atoms with Crippen molar-refractivity contribution in [3.05, 3.63) is 52.5 Å². The Morgan fingerprint density at radius 3 is 2.32 bits per heavy atom. The zero-order chi connectivity index (χ0) is 20.9. The zero-order valence-electron chi connectivity index (χ0n) is 16.3. The molecule has 2 aromatic rings. The summed E-state index contributed by atoms with van der Waals surface area (Å²) in [6.45, 7) is 0.779. The third-order valence-corrected chi connectivity index (χ3v) is 6.35. The standard InChI is InChI=1S/C19H24BrN3O4S/c1-22(2)28(25,26)18-11-16(9-10-17(18)27-4)21-19(24)13-23(3)12-14-5-7-15(20)8-6-14/h5-11H,12-13H2,1-4H3,(H,21,24). The van der Waals surface area contributed by atoms with E-state index in [2.05, 4.69) is 21.2 Å². The highest BCUT2D eigenvalue weighted by Gasteiger charge is 2.23. The molecular weight excluding hydrogens is 446 g/mol. The number of sulfonamides is 1. The van der Waals surface area contributed by atoms with Crippen molar-refractivity contribution in [2.75, 3.05) is 40.1 Å². The highest BCUT2D eigenvalue weighted by Crippen LogP contribution is 2.28. The van der Waals surface area contributed by atoms with Gasteiger partial charge in [-0.15, -0.1) is 0 Å². The second-order valence-electron chi connectivity index (χ2n) is 6.50. The normalized spacial score (nSPS) is 11.7. The third-order valence-electron chi connectivity index (χ3n) is 3.99. The van der Waals surface area contributed by atoms with E-state index >= 15 is 0 Å². The van der Waals surface area contributed by atoms with Crippen LogP contribution in [0.25, 0.3) is 0 Å². The summed E-state index contributed by atoms with van der Waals surface area (Å²) in [4.78, 5) is 14.2. The van der Waals surface area contributed by atoms with Crippen molar-refractivity contribution in [2.45, 2.75) is 11.4 Å². The number of nitrogens with zero attached hydrogens (tertiary/aromatic N) is 2.